The van der Waals surface area contributed by atoms with E-state index >= 15 is 0 Å². The van der Waals surface area contributed by atoms with Crippen molar-refractivity contribution in [3.63, 3.8) is 0 Å². The number of carbonyl (C=O) groups excluding carboxylic acids is 1. The fraction of sp³-hybridized carbons (Fsp3) is 0.640. The van der Waals surface area contributed by atoms with E-state index in [1.54, 1.807) is 36.4 Å². The van der Waals surface area contributed by atoms with Crippen LogP contribution in [-0.2, 0) is 4.74 Å². The van der Waals surface area contributed by atoms with Crippen LogP contribution in [0, 0.1) is 0 Å². The van der Waals surface area contributed by atoms with Crippen LogP contribution in [0.3, 0.4) is 0 Å². The molecule has 0 aliphatic heterocycles. The summed E-state index contributed by atoms with van der Waals surface area (Å²) >= 11 is 0. The Hall–Kier alpha value is -2.34. The van der Waals surface area contributed by atoms with Crippen molar-refractivity contribution in [2.45, 2.75) is 95.8 Å². The summed E-state index contributed by atoms with van der Waals surface area (Å²) in [4.78, 5) is 15.0. The van der Waals surface area contributed by atoms with E-state index in [1.165, 1.54) is 63.9 Å². The summed E-state index contributed by atoms with van der Waals surface area (Å²) in [7, 11) is 0. The third-order valence-electron chi connectivity index (χ3n) is 5.44. The Morgan fingerprint density at radius 2 is 1.62 bits per heavy atom. The maximum absolute atomic E-state index is 12.4. The molecule has 32 heavy (non-hydrogen) atoms. The van der Waals surface area contributed by atoms with Gasteiger partial charge in [0.1, 0.15) is 6.04 Å². The highest BCUT2D eigenvalue weighted by molar-refractivity contribution is 5.89. The zero-order valence-corrected chi connectivity index (χ0v) is 19.4. The van der Waals surface area contributed by atoms with E-state index in [9.17, 15) is 15.0 Å². The summed E-state index contributed by atoms with van der Waals surface area (Å²) in [6.45, 7) is 1.57. The van der Waals surface area contributed by atoms with Crippen molar-refractivity contribution >= 4 is 5.97 Å². The molecule has 0 unspecified atom stereocenters. The summed E-state index contributed by atoms with van der Waals surface area (Å²) in [6, 6.07) is 6.88. The average Bonchev–Trinajstić information content (AvgIpc) is 2.81. The lowest BCUT2D eigenvalue weighted by Crippen LogP contribution is -2.45. The molecule has 0 aromatic heterocycles. The summed E-state index contributed by atoms with van der Waals surface area (Å²) in [5.41, 5.74) is 8.99. The Bertz CT molecular complexity index is 704. The van der Waals surface area contributed by atoms with Crippen molar-refractivity contribution in [3.8, 4) is 0 Å². The molecule has 0 radical (unpaired) electrons. The first-order valence-electron chi connectivity index (χ1n) is 11.9. The van der Waals surface area contributed by atoms with Crippen LogP contribution < -0.4 is 0 Å². The Morgan fingerprint density at radius 3 is 2.16 bits per heavy atom. The second kappa shape index (κ2) is 17.2. The topological polar surface area (TPSA) is 116 Å². The van der Waals surface area contributed by atoms with Gasteiger partial charge in [-0.1, -0.05) is 101 Å². The fourth-order valence-electron chi connectivity index (χ4n) is 3.49. The van der Waals surface area contributed by atoms with Gasteiger partial charge in [-0.2, -0.15) is 0 Å². The highest BCUT2D eigenvalue weighted by atomic mass is 16.7. The van der Waals surface area contributed by atoms with Gasteiger partial charge in [0.05, 0.1) is 12.2 Å². The number of hydrogen-bond donors (Lipinski definition) is 2. The molecule has 2 N–H and O–H groups in total. The van der Waals surface area contributed by atoms with Crippen molar-refractivity contribution < 1.29 is 19.7 Å². The van der Waals surface area contributed by atoms with Crippen molar-refractivity contribution in [3.05, 3.63) is 58.5 Å². The molecule has 7 nitrogen and oxygen atoms in total. The number of esters is 1. The predicted molar refractivity (Wildman–Crippen MR) is 127 cm³/mol. The third-order valence-corrected chi connectivity index (χ3v) is 5.44. The molecule has 0 fully saturated rings. The second-order valence-corrected chi connectivity index (χ2v) is 8.14. The molecule has 0 amide bonds. The van der Waals surface area contributed by atoms with Crippen LogP contribution in [0.25, 0.3) is 10.4 Å². The standard InChI is InChI=1S/C25H39N3O4/c1-2-3-4-5-6-7-8-9-10-11-12-13-17-20-25(31,23(21-29)27-28-26)32-24(30)22-18-15-14-16-19-22/h14-20,23,29,31H,2-13,21H2,1H3/b20-17+/t23-,25+/m0/s1. The van der Waals surface area contributed by atoms with Crippen molar-refractivity contribution in [2.24, 2.45) is 5.11 Å². The molecule has 0 spiro atoms. The van der Waals surface area contributed by atoms with E-state index in [-0.39, 0.29) is 5.56 Å². The van der Waals surface area contributed by atoms with Crippen LogP contribution in [0.5, 0.6) is 0 Å². The van der Waals surface area contributed by atoms with Gasteiger partial charge < -0.3 is 14.9 Å². The van der Waals surface area contributed by atoms with Gasteiger partial charge in [0, 0.05) is 4.91 Å². The molecular weight excluding hydrogens is 406 g/mol. The number of allylic oxidation sites excluding steroid dienone is 1. The molecular formula is C25H39N3O4. The summed E-state index contributed by atoms with van der Waals surface area (Å²) in [5, 5.41) is 23.8. The van der Waals surface area contributed by atoms with Crippen LogP contribution in [0.1, 0.15) is 94.3 Å². The number of carbonyl (C=O) groups is 1. The number of ether oxygens (including phenoxy) is 1. The largest absolute Gasteiger partial charge is 0.425 e. The first kappa shape index (κ1) is 27.7. The highest BCUT2D eigenvalue weighted by Gasteiger charge is 2.38. The van der Waals surface area contributed by atoms with Crippen LogP contribution in [0.4, 0.5) is 0 Å². The lowest BCUT2D eigenvalue weighted by Gasteiger charge is -2.29. The maximum atomic E-state index is 12.4. The Labute approximate surface area is 192 Å². The van der Waals surface area contributed by atoms with Gasteiger partial charge in [-0.3, -0.25) is 0 Å². The molecule has 0 saturated carbocycles. The minimum Gasteiger partial charge on any atom is -0.425 e. The first-order chi connectivity index (χ1) is 15.6. The lowest BCUT2D eigenvalue weighted by molar-refractivity contribution is -0.148. The number of unbranched alkanes of at least 4 members (excludes halogenated alkanes) is 11. The van der Waals surface area contributed by atoms with Crippen LogP contribution in [0.15, 0.2) is 47.6 Å². The van der Waals surface area contributed by atoms with Gasteiger partial charge in [0.15, 0.2) is 0 Å². The SMILES string of the molecule is CCCCCCCCCCCCC/C=C/[C@@](O)(OC(=O)c1ccccc1)[C@H](CO)N=[N+]=[N-]. The van der Waals surface area contributed by atoms with Crippen molar-refractivity contribution in [1.82, 2.24) is 0 Å². The quantitative estimate of drug-likeness (QED) is 0.0513. The zero-order valence-electron chi connectivity index (χ0n) is 19.4. The van der Waals surface area contributed by atoms with Crippen LogP contribution in [0.2, 0.25) is 0 Å². The van der Waals surface area contributed by atoms with Gasteiger partial charge in [-0.25, -0.2) is 4.79 Å². The first-order valence-corrected chi connectivity index (χ1v) is 11.9. The molecule has 0 aliphatic carbocycles. The van der Waals surface area contributed by atoms with Gasteiger partial charge in [-0.05, 0) is 36.6 Å². The number of rotatable bonds is 18. The Balaban J connectivity index is 2.44. The normalized spacial score (nSPS) is 14.0. The number of aliphatic hydroxyl groups excluding tert-OH is 1. The second-order valence-electron chi connectivity index (χ2n) is 8.14. The average molecular weight is 446 g/mol. The lowest BCUT2D eigenvalue weighted by atomic mass is 10.0. The molecule has 0 heterocycles. The van der Waals surface area contributed by atoms with Gasteiger partial charge in [0.25, 0.3) is 0 Å². The molecule has 0 aliphatic rings. The molecule has 1 rings (SSSR count). The molecule has 1 aromatic carbocycles. The number of nitrogens with zero attached hydrogens (tertiary/aromatic N) is 3. The highest BCUT2D eigenvalue weighted by Crippen LogP contribution is 2.22. The van der Waals surface area contributed by atoms with Gasteiger partial charge in [-0.15, -0.1) is 0 Å². The molecule has 7 heteroatoms. The van der Waals surface area contributed by atoms with E-state index in [4.69, 9.17) is 10.3 Å². The van der Waals surface area contributed by atoms with Crippen molar-refractivity contribution in [2.75, 3.05) is 6.61 Å². The predicted octanol–water partition coefficient (Wildman–Crippen LogP) is 6.46. The Morgan fingerprint density at radius 1 is 1.06 bits per heavy atom. The van der Waals surface area contributed by atoms with Gasteiger partial charge in [0.2, 0.25) is 5.79 Å². The minimum atomic E-state index is -2.22. The fourth-order valence-corrected chi connectivity index (χ4v) is 3.49. The zero-order chi connectivity index (χ0) is 23.5. The molecule has 0 bridgehead atoms. The number of aliphatic hydroxyl groups is 2. The Kier molecular flexibility index (Phi) is 14.9. The van der Waals surface area contributed by atoms with Gasteiger partial charge >= 0.3 is 5.97 Å². The van der Waals surface area contributed by atoms with Crippen LogP contribution in [-0.4, -0.2) is 34.6 Å². The smallest absolute Gasteiger partial charge is 0.340 e. The van der Waals surface area contributed by atoms with Crippen molar-refractivity contribution in [1.29, 1.82) is 0 Å². The van der Waals surface area contributed by atoms with E-state index < -0.39 is 24.4 Å². The molecule has 2 atom stereocenters. The number of benzene rings is 1. The van der Waals surface area contributed by atoms with E-state index in [1.807, 2.05) is 0 Å². The summed E-state index contributed by atoms with van der Waals surface area (Å²) < 4.78 is 5.24. The van der Waals surface area contributed by atoms with Crippen LogP contribution >= 0.6 is 0 Å². The number of hydrogen-bond acceptors (Lipinski definition) is 5. The number of azide groups is 1. The molecule has 1 aromatic rings. The van der Waals surface area contributed by atoms with E-state index in [2.05, 4.69) is 16.9 Å². The van der Waals surface area contributed by atoms with E-state index in [0.717, 1.165) is 12.8 Å². The minimum absolute atomic E-state index is 0.252. The summed E-state index contributed by atoms with van der Waals surface area (Å²) in [6.07, 6.45) is 17.4. The van der Waals surface area contributed by atoms with E-state index in [0.29, 0.717) is 6.42 Å². The summed E-state index contributed by atoms with van der Waals surface area (Å²) in [5.74, 6) is -2.98. The maximum Gasteiger partial charge on any atom is 0.340 e. The monoisotopic (exact) mass is 445 g/mol. The molecule has 178 valence electrons. The molecule has 0 saturated heterocycles. The third kappa shape index (κ3) is 11.3.